The number of fused-ring (bicyclic) bond motifs is 2. The van der Waals surface area contributed by atoms with E-state index in [0.29, 0.717) is 47.8 Å². The molecule has 3 amide bonds. The van der Waals surface area contributed by atoms with Gasteiger partial charge in [0.15, 0.2) is 11.5 Å². The van der Waals surface area contributed by atoms with E-state index in [1.54, 1.807) is 55.1 Å². The van der Waals surface area contributed by atoms with Crippen LogP contribution in [0.15, 0.2) is 36.4 Å². The van der Waals surface area contributed by atoms with Crippen LogP contribution in [0.1, 0.15) is 51.2 Å². The molecule has 0 aliphatic carbocycles. The van der Waals surface area contributed by atoms with E-state index < -0.39 is 17.9 Å². The second-order valence-corrected chi connectivity index (χ2v) is 9.17. The van der Waals surface area contributed by atoms with Gasteiger partial charge in [-0.15, -0.1) is 0 Å². The van der Waals surface area contributed by atoms with Crippen LogP contribution in [0.4, 0.5) is 0 Å². The minimum Gasteiger partial charge on any atom is -0.493 e. The number of carbonyl (C=O) groups excluding carboxylic acids is 3. The van der Waals surface area contributed by atoms with Crippen LogP contribution >= 0.6 is 11.8 Å². The average Bonchev–Trinajstić information content (AvgIpc) is 3.09. The third-order valence-corrected chi connectivity index (χ3v) is 7.13. The van der Waals surface area contributed by atoms with Crippen LogP contribution in [0, 0.1) is 0 Å². The van der Waals surface area contributed by atoms with Crippen molar-refractivity contribution in [1.29, 1.82) is 0 Å². The van der Waals surface area contributed by atoms with Gasteiger partial charge in [-0.1, -0.05) is 12.1 Å². The minimum absolute atomic E-state index is 0.202. The van der Waals surface area contributed by atoms with E-state index in [9.17, 15) is 14.4 Å². The largest absolute Gasteiger partial charge is 0.493 e. The van der Waals surface area contributed by atoms with Crippen LogP contribution in [0.2, 0.25) is 0 Å². The van der Waals surface area contributed by atoms with Crippen molar-refractivity contribution in [2.45, 2.75) is 31.8 Å². The molecule has 33 heavy (non-hydrogen) atoms. The molecule has 2 aromatic rings. The highest BCUT2D eigenvalue weighted by molar-refractivity contribution is 7.98. The van der Waals surface area contributed by atoms with Gasteiger partial charge in [0.25, 0.3) is 11.8 Å². The maximum atomic E-state index is 13.8. The summed E-state index contributed by atoms with van der Waals surface area (Å²) in [7, 11) is 3.19. The highest BCUT2D eigenvalue weighted by Gasteiger charge is 2.44. The fourth-order valence-electron chi connectivity index (χ4n) is 4.72. The van der Waals surface area contributed by atoms with Crippen LogP contribution in [0.5, 0.6) is 11.5 Å². The molecule has 0 saturated heterocycles. The van der Waals surface area contributed by atoms with Gasteiger partial charge in [0.05, 0.1) is 31.4 Å². The Kier molecular flexibility index (Phi) is 6.65. The molecule has 0 bridgehead atoms. The summed E-state index contributed by atoms with van der Waals surface area (Å²) in [6.07, 6.45) is 3.01. The molecular weight excluding hydrogens is 440 g/mol. The minimum atomic E-state index is -0.839. The van der Waals surface area contributed by atoms with Gasteiger partial charge in [-0.2, -0.15) is 11.8 Å². The van der Waals surface area contributed by atoms with Crippen LogP contribution < -0.4 is 9.47 Å². The second-order valence-electron chi connectivity index (χ2n) is 8.19. The molecule has 2 aromatic carbocycles. The number of amides is 3. The van der Waals surface area contributed by atoms with Gasteiger partial charge in [-0.3, -0.25) is 19.3 Å². The van der Waals surface area contributed by atoms with E-state index >= 15 is 0 Å². The smallest absolute Gasteiger partial charge is 0.262 e. The summed E-state index contributed by atoms with van der Waals surface area (Å²) in [6.45, 7) is 2.47. The zero-order chi connectivity index (χ0) is 23.7. The van der Waals surface area contributed by atoms with Crippen LogP contribution in [-0.4, -0.2) is 66.3 Å². The van der Waals surface area contributed by atoms with E-state index in [2.05, 4.69) is 0 Å². The number of methoxy groups -OCH3 is 2. The lowest BCUT2D eigenvalue weighted by Crippen LogP contribution is -2.53. The summed E-state index contributed by atoms with van der Waals surface area (Å²) >= 11 is 1.59. The third-order valence-electron chi connectivity index (χ3n) is 6.49. The monoisotopic (exact) mass is 468 g/mol. The van der Waals surface area contributed by atoms with Crippen molar-refractivity contribution < 1.29 is 23.9 Å². The maximum absolute atomic E-state index is 13.8. The van der Waals surface area contributed by atoms with Crippen molar-refractivity contribution in [1.82, 2.24) is 9.80 Å². The Morgan fingerprint density at radius 3 is 2.27 bits per heavy atom. The molecule has 0 spiro atoms. The van der Waals surface area contributed by atoms with Gasteiger partial charge < -0.3 is 14.4 Å². The quantitative estimate of drug-likeness (QED) is 0.579. The molecule has 0 N–H and O–H groups in total. The van der Waals surface area contributed by atoms with Crippen LogP contribution in [0.3, 0.4) is 0 Å². The molecule has 8 heteroatoms. The normalized spacial score (nSPS) is 18.1. The molecule has 174 valence electrons. The zero-order valence-corrected chi connectivity index (χ0v) is 20.1. The number of nitrogens with zero attached hydrogens (tertiary/aromatic N) is 2. The number of rotatable bonds is 7. The van der Waals surface area contributed by atoms with Gasteiger partial charge in [-0.25, -0.2) is 0 Å². The predicted octanol–water partition coefficient (Wildman–Crippen LogP) is 3.57. The average molecular weight is 469 g/mol. The Morgan fingerprint density at radius 1 is 1.09 bits per heavy atom. The molecule has 0 fully saturated rings. The Bertz CT molecular complexity index is 1070. The number of imide groups is 1. The number of carbonyl (C=O) groups is 3. The van der Waals surface area contributed by atoms with Gasteiger partial charge in [0.2, 0.25) is 5.91 Å². The second kappa shape index (κ2) is 9.47. The fourth-order valence-corrected chi connectivity index (χ4v) is 5.18. The first-order valence-corrected chi connectivity index (χ1v) is 12.3. The van der Waals surface area contributed by atoms with Crippen LogP contribution in [-0.2, 0) is 11.2 Å². The molecule has 0 radical (unpaired) electrons. The highest BCUT2D eigenvalue weighted by atomic mass is 32.2. The summed E-state index contributed by atoms with van der Waals surface area (Å²) in [5, 5.41) is 0. The lowest BCUT2D eigenvalue weighted by atomic mass is 9.92. The summed E-state index contributed by atoms with van der Waals surface area (Å²) in [5.41, 5.74) is 2.81. The molecule has 2 atom stereocenters. The first kappa shape index (κ1) is 23.2. The van der Waals surface area contributed by atoms with Crippen molar-refractivity contribution in [3.05, 3.63) is 58.7 Å². The SMILES string of the molecule is COc1cc2c(cc1OC)[C@@H](C)N(C(=O)[C@@H](CCSC)N1C(=O)c3ccccc3C1=O)CC2. The van der Waals surface area contributed by atoms with Crippen molar-refractivity contribution in [2.24, 2.45) is 0 Å². The topological polar surface area (TPSA) is 76.2 Å². The fraction of sp³-hybridized carbons (Fsp3) is 0.400. The van der Waals surface area contributed by atoms with E-state index in [4.69, 9.17) is 9.47 Å². The number of hydrogen-bond donors (Lipinski definition) is 0. The lowest BCUT2D eigenvalue weighted by Gasteiger charge is -2.39. The van der Waals surface area contributed by atoms with E-state index in [-0.39, 0.29) is 11.9 Å². The number of ether oxygens (including phenoxy) is 2. The summed E-state index contributed by atoms with van der Waals surface area (Å²) < 4.78 is 10.9. The molecule has 0 aromatic heterocycles. The summed E-state index contributed by atoms with van der Waals surface area (Å²) in [6, 6.07) is 9.56. The van der Waals surface area contributed by atoms with Crippen molar-refractivity contribution in [2.75, 3.05) is 32.8 Å². The Morgan fingerprint density at radius 2 is 1.70 bits per heavy atom. The standard InChI is InChI=1S/C25H28N2O5S/c1-15-19-14-22(32-3)21(31-2)13-16(19)9-11-26(15)25(30)20(10-12-33-4)27-23(28)17-7-5-6-8-18(17)24(27)29/h5-8,13-15,20H,9-12H2,1-4H3/t15-,20-/m1/s1. The van der Waals surface area contributed by atoms with E-state index in [1.165, 1.54) is 4.90 Å². The molecule has 2 aliphatic heterocycles. The number of hydrogen-bond acceptors (Lipinski definition) is 6. The molecule has 2 heterocycles. The zero-order valence-electron chi connectivity index (χ0n) is 19.3. The molecule has 2 aliphatic rings. The van der Waals surface area contributed by atoms with Gasteiger partial charge >= 0.3 is 0 Å². The van der Waals surface area contributed by atoms with Crippen molar-refractivity contribution in [3.8, 4) is 11.5 Å². The predicted molar refractivity (Wildman–Crippen MR) is 127 cm³/mol. The summed E-state index contributed by atoms with van der Waals surface area (Å²) in [4.78, 5) is 43.1. The first-order valence-electron chi connectivity index (χ1n) is 10.9. The Balaban J connectivity index is 1.66. The Labute approximate surface area is 198 Å². The van der Waals surface area contributed by atoms with Crippen LogP contribution in [0.25, 0.3) is 0 Å². The molecule has 7 nitrogen and oxygen atoms in total. The number of benzene rings is 2. The van der Waals surface area contributed by atoms with Gasteiger partial charge in [0, 0.05) is 6.54 Å². The lowest BCUT2D eigenvalue weighted by molar-refractivity contribution is -0.138. The molecular formula is C25H28N2O5S. The highest BCUT2D eigenvalue weighted by Crippen LogP contribution is 2.39. The number of thioether (sulfide) groups is 1. The third kappa shape index (κ3) is 3.97. The first-order chi connectivity index (χ1) is 15.9. The van der Waals surface area contributed by atoms with E-state index in [1.807, 2.05) is 25.3 Å². The Hall–Kier alpha value is -3.00. The van der Waals surface area contributed by atoms with Gasteiger partial charge in [0.1, 0.15) is 6.04 Å². The van der Waals surface area contributed by atoms with Crippen molar-refractivity contribution >= 4 is 29.5 Å². The van der Waals surface area contributed by atoms with Crippen molar-refractivity contribution in [3.63, 3.8) is 0 Å². The molecule has 4 rings (SSSR count). The molecule has 0 unspecified atom stereocenters. The van der Waals surface area contributed by atoms with E-state index in [0.717, 1.165) is 11.1 Å². The maximum Gasteiger partial charge on any atom is 0.262 e. The summed E-state index contributed by atoms with van der Waals surface area (Å²) in [5.74, 6) is 0.932. The molecule has 0 saturated carbocycles. The van der Waals surface area contributed by atoms with Gasteiger partial charge in [-0.05, 0) is 67.2 Å².